The van der Waals surface area contributed by atoms with Gasteiger partial charge in [0.2, 0.25) is 5.91 Å². The zero-order valence-corrected chi connectivity index (χ0v) is 12.8. The summed E-state index contributed by atoms with van der Waals surface area (Å²) in [6.45, 7) is 6.97. The number of rotatable bonds is 2. The van der Waals surface area contributed by atoms with E-state index in [1.807, 2.05) is 4.90 Å². The maximum atomic E-state index is 12.5. The smallest absolute Gasteiger partial charge is 0.225 e. The second-order valence-electron chi connectivity index (χ2n) is 6.04. The fraction of sp³-hybridized carbons (Fsp3) is 0.588. The highest BCUT2D eigenvalue weighted by Crippen LogP contribution is 2.25. The summed E-state index contributed by atoms with van der Waals surface area (Å²) in [4.78, 5) is 16.9. The molecule has 1 amide bonds. The molecule has 0 saturated carbocycles. The molecule has 4 nitrogen and oxygen atoms in total. The van der Waals surface area contributed by atoms with Crippen LogP contribution in [0.25, 0.3) is 0 Å². The van der Waals surface area contributed by atoms with Crippen LogP contribution in [0.5, 0.6) is 0 Å². The van der Waals surface area contributed by atoms with E-state index >= 15 is 0 Å². The molecule has 1 aromatic rings. The van der Waals surface area contributed by atoms with E-state index in [1.165, 1.54) is 11.3 Å². The van der Waals surface area contributed by atoms with Crippen LogP contribution in [-0.4, -0.2) is 50.2 Å². The number of carbonyl (C=O) groups excluding carboxylic acids is 1. The Hall–Kier alpha value is -1.55. The lowest BCUT2D eigenvalue weighted by atomic mass is 9.94. The van der Waals surface area contributed by atoms with Gasteiger partial charge in [-0.2, -0.15) is 0 Å². The fourth-order valence-corrected chi connectivity index (χ4v) is 3.25. The summed E-state index contributed by atoms with van der Waals surface area (Å²) in [6, 6.07) is 8.62. The molecule has 2 aliphatic rings. The van der Waals surface area contributed by atoms with Crippen molar-refractivity contribution in [3.05, 3.63) is 29.8 Å². The Labute approximate surface area is 126 Å². The Bertz CT molecular complexity index is 489. The molecule has 2 aliphatic heterocycles. The summed E-state index contributed by atoms with van der Waals surface area (Å²) >= 11 is 0. The van der Waals surface area contributed by atoms with Crippen molar-refractivity contribution in [1.82, 2.24) is 4.90 Å². The molecular weight excluding hydrogens is 264 g/mol. The Kier molecular flexibility index (Phi) is 4.44. The Morgan fingerprint density at radius 1 is 1.14 bits per heavy atom. The van der Waals surface area contributed by atoms with Crippen molar-refractivity contribution in [2.75, 3.05) is 44.3 Å². The van der Waals surface area contributed by atoms with Crippen LogP contribution in [0.3, 0.4) is 0 Å². The zero-order chi connectivity index (χ0) is 14.7. The van der Waals surface area contributed by atoms with Gasteiger partial charge in [-0.1, -0.05) is 12.1 Å². The largest absolute Gasteiger partial charge is 0.378 e. The zero-order valence-electron chi connectivity index (χ0n) is 12.8. The quantitative estimate of drug-likeness (QED) is 0.835. The van der Waals surface area contributed by atoms with Gasteiger partial charge in [0.15, 0.2) is 0 Å². The molecule has 0 radical (unpaired) electrons. The average Bonchev–Trinajstić information content (AvgIpc) is 2.55. The highest BCUT2D eigenvalue weighted by Gasteiger charge is 2.29. The third kappa shape index (κ3) is 3.38. The maximum absolute atomic E-state index is 12.5. The molecular formula is C17H24N2O2. The highest BCUT2D eigenvalue weighted by molar-refractivity contribution is 5.79. The Morgan fingerprint density at radius 2 is 1.86 bits per heavy atom. The van der Waals surface area contributed by atoms with Crippen molar-refractivity contribution >= 4 is 11.6 Å². The number of hydrogen-bond acceptors (Lipinski definition) is 3. The molecule has 2 saturated heterocycles. The first kappa shape index (κ1) is 14.4. The molecule has 0 aliphatic carbocycles. The minimum Gasteiger partial charge on any atom is -0.378 e. The molecule has 2 heterocycles. The highest BCUT2D eigenvalue weighted by atomic mass is 16.5. The lowest BCUT2D eigenvalue weighted by molar-refractivity contribution is -0.140. The minimum atomic E-state index is 0.198. The first-order valence-corrected chi connectivity index (χ1v) is 7.92. The first-order valence-electron chi connectivity index (χ1n) is 7.92. The molecule has 0 atom stereocenters. The summed E-state index contributed by atoms with van der Waals surface area (Å²) in [5, 5.41) is 0. The van der Waals surface area contributed by atoms with Gasteiger partial charge in [0.25, 0.3) is 0 Å². The van der Waals surface area contributed by atoms with Crippen molar-refractivity contribution < 1.29 is 9.53 Å². The molecule has 4 heteroatoms. The van der Waals surface area contributed by atoms with Gasteiger partial charge >= 0.3 is 0 Å². The summed E-state index contributed by atoms with van der Waals surface area (Å²) in [5.41, 5.74) is 2.58. The number of piperidine rings is 1. The third-order valence-corrected chi connectivity index (χ3v) is 4.53. The van der Waals surface area contributed by atoms with E-state index in [0.29, 0.717) is 19.1 Å². The van der Waals surface area contributed by atoms with Gasteiger partial charge < -0.3 is 14.5 Å². The molecule has 0 N–H and O–H groups in total. The Morgan fingerprint density at radius 3 is 2.52 bits per heavy atom. The van der Waals surface area contributed by atoms with E-state index in [-0.39, 0.29) is 5.92 Å². The molecule has 21 heavy (non-hydrogen) atoms. The minimum absolute atomic E-state index is 0.198. The second kappa shape index (κ2) is 6.48. The number of morpholine rings is 1. The first-order chi connectivity index (χ1) is 10.2. The topological polar surface area (TPSA) is 32.8 Å². The monoisotopic (exact) mass is 288 g/mol. The number of hydrogen-bond donors (Lipinski definition) is 0. The summed E-state index contributed by atoms with van der Waals surface area (Å²) < 4.78 is 5.32. The maximum Gasteiger partial charge on any atom is 0.225 e. The number of anilines is 1. The molecule has 0 unspecified atom stereocenters. The van der Waals surface area contributed by atoms with Crippen LogP contribution in [-0.2, 0) is 9.53 Å². The fourth-order valence-electron chi connectivity index (χ4n) is 3.25. The lowest BCUT2D eigenvalue weighted by Gasteiger charge is -2.36. The van der Waals surface area contributed by atoms with Crippen LogP contribution >= 0.6 is 0 Å². The van der Waals surface area contributed by atoms with Gasteiger partial charge in [-0.15, -0.1) is 0 Å². The molecule has 114 valence electrons. The van der Waals surface area contributed by atoms with E-state index in [2.05, 4.69) is 36.1 Å². The summed E-state index contributed by atoms with van der Waals surface area (Å²) in [6.07, 6.45) is 1.92. The van der Waals surface area contributed by atoms with E-state index < -0.39 is 0 Å². The molecule has 1 aromatic carbocycles. The summed E-state index contributed by atoms with van der Waals surface area (Å²) in [5.74, 6) is 0.534. The van der Waals surface area contributed by atoms with Crippen molar-refractivity contribution in [3.63, 3.8) is 0 Å². The average molecular weight is 288 g/mol. The number of nitrogens with zero attached hydrogens (tertiary/aromatic N) is 2. The van der Waals surface area contributed by atoms with Gasteiger partial charge in [-0.25, -0.2) is 0 Å². The third-order valence-electron chi connectivity index (χ3n) is 4.53. The predicted octanol–water partition coefficient (Wildman–Crippen LogP) is 2.07. The van der Waals surface area contributed by atoms with Gasteiger partial charge in [0, 0.05) is 37.8 Å². The predicted molar refractivity (Wildman–Crippen MR) is 83.5 cm³/mol. The number of ether oxygens (including phenoxy) is 1. The number of benzene rings is 1. The van der Waals surface area contributed by atoms with Crippen molar-refractivity contribution in [3.8, 4) is 0 Å². The lowest BCUT2D eigenvalue weighted by Crippen LogP contribution is -2.46. The van der Waals surface area contributed by atoms with Crippen LogP contribution in [0, 0.1) is 12.8 Å². The van der Waals surface area contributed by atoms with Crippen molar-refractivity contribution in [2.24, 2.45) is 5.92 Å². The van der Waals surface area contributed by atoms with Gasteiger partial charge in [0.1, 0.15) is 0 Å². The van der Waals surface area contributed by atoms with E-state index in [4.69, 9.17) is 4.74 Å². The second-order valence-corrected chi connectivity index (χ2v) is 6.04. The molecule has 2 fully saturated rings. The normalized spacial score (nSPS) is 20.6. The Balaban J connectivity index is 1.56. The van der Waals surface area contributed by atoms with Crippen molar-refractivity contribution in [2.45, 2.75) is 19.8 Å². The summed E-state index contributed by atoms with van der Waals surface area (Å²) in [7, 11) is 0. The number of amides is 1. The van der Waals surface area contributed by atoms with Crippen LogP contribution in [0.1, 0.15) is 18.4 Å². The van der Waals surface area contributed by atoms with Crippen molar-refractivity contribution in [1.29, 1.82) is 0 Å². The molecule has 0 bridgehead atoms. The van der Waals surface area contributed by atoms with Gasteiger partial charge in [-0.05, 0) is 37.5 Å². The van der Waals surface area contributed by atoms with Crippen LogP contribution < -0.4 is 4.90 Å². The molecule has 0 aromatic heterocycles. The number of aryl methyl sites for hydroxylation is 1. The van der Waals surface area contributed by atoms with Crippen LogP contribution in [0.15, 0.2) is 24.3 Å². The van der Waals surface area contributed by atoms with Gasteiger partial charge in [-0.3, -0.25) is 4.79 Å². The van der Waals surface area contributed by atoms with Crippen LogP contribution in [0.4, 0.5) is 5.69 Å². The molecule has 0 spiro atoms. The van der Waals surface area contributed by atoms with E-state index in [9.17, 15) is 4.79 Å². The number of carbonyl (C=O) groups is 1. The molecule has 3 rings (SSSR count). The standard InChI is InChI=1S/C17H24N2O2/c1-14-3-2-4-16(13-14)18-7-5-15(6-8-18)17(20)19-9-11-21-12-10-19/h2-4,13,15H,5-12H2,1H3. The van der Waals surface area contributed by atoms with Gasteiger partial charge in [0.05, 0.1) is 13.2 Å². The van der Waals surface area contributed by atoms with E-state index in [1.54, 1.807) is 0 Å². The SMILES string of the molecule is Cc1cccc(N2CCC(C(=O)N3CCOCC3)CC2)c1. The van der Waals surface area contributed by atoms with Crippen LogP contribution in [0.2, 0.25) is 0 Å². The van der Waals surface area contributed by atoms with E-state index in [0.717, 1.165) is 39.0 Å².